The molecule has 0 spiro atoms. The summed E-state index contributed by atoms with van der Waals surface area (Å²) in [4.78, 5) is 34.6. The smallest absolute Gasteiger partial charge is 0.338 e. The van der Waals surface area contributed by atoms with Gasteiger partial charge in [-0.3, -0.25) is 14.4 Å². The molecule has 0 unspecified atom stereocenters. The molecule has 0 fully saturated rings. The molecule has 1 atom stereocenters. The molecule has 2 aromatic carbocycles. The molecule has 0 aromatic heterocycles. The van der Waals surface area contributed by atoms with Gasteiger partial charge in [-0.2, -0.15) is 0 Å². The van der Waals surface area contributed by atoms with Crippen molar-refractivity contribution in [2.75, 3.05) is 10.8 Å². The Morgan fingerprint density at radius 3 is 2.45 bits per heavy atom. The maximum absolute atomic E-state index is 13.2. The minimum atomic E-state index is -4.08. The Kier molecular flexibility index (Phi) is 7.78. The van der Waals surface area contributed by atoms with Crippen LogP contribution in [0.25, 0.3) is 0 Å². The van der Waals surface area contributed by atoms with Crippen LogP contribution in [0.2, 0.25) is 5.02 Å². The Labute approximate surface area is 184 Å². The summed E-state index contributed by atoms with van der Waals surface area (Å²) in [6.45, 7) is 4.80. The van der Waals surface area contributed by atoms with E-state index < -0.39 is 34.0 Å². The first kappa shape index (κ1) is 23.9. The molecule has 11 heteroatoms. The number of halogens is 1. The lowest BCUT2D eigenvalue weighted by molar-refractivity contribution is -0.127. The van der Waals surface area contributed by atoms with Crippen molar-refractivity contribution in [3.8, 4) is 0 Å². The van der Waals surface area contributed by atoms with E-state index in [2.05, 4.69) is 6.58 Å². The fraction of sp³-hybridized carbons (Fsp3) is 0.150. The number of nitrogens with two attached hydrogens (primary N) is 1. The topological polar surface area (TPSA) is 136 Å². The maximum Gasteiger partial charge on any atom is 0.338 e. The Morgan fingerprint density at radius 2 is 1.87 bits per heavy atom. The lowest BCUT2D eigenvalue weighted by atomic mass is 10.2. The summed E-state index contributed by atoms with van der Waals surface area (Å²) in [7, 11) is -4.08. The van der Waals surface area contributed by atoms with Crippen LogP contribution in [-0.2, 0) is 19.6 Å². The van der Waals surface area contributed by atoms with Crippen LogP contribution in [0.4, 0.5) is 10.5 Å². The van der Waals surface area contributed by atoms with Crippen molar-refractivity contribution in [3.05, 3.63) is 71.8 Å². The Bertz CT molecular complexity index is 1100. The van der Waals surface area contributed by atoms with Crippen LogP contribution in [0.15, 0.2) is 66.1 Å². The first-order chi connectivity index (χ1) is 14.6. The number of rotatable bonds is 8. The van der Waals surface area contributed by atoms with E-state index in [1.807, 2.05) is 0 Å². The fourth-order valence-corrected chi connectivity index (χ4v) is 4.09. The SMILES string of the molecule is C=CCN(c1ccc(Cl)cc1)S(=O)(=O)c1cccc(C(=O)O[C@H](C)C(=O)NC(N)=O)c1. The largest absolute Gasteiger partial charge is 0.449 e. The van der Waals surface area contributed by atoms with Crippen LogP contribution >= 0.6 is 11.6 Å². The van der Waals surface area contributed by atoms with E-state index in [1.54, 1.807) is 29.6 Å². The van der Waals surface area contributed by atoms with Gasteiger partial charge < -0.3 is 10.5 Å². The summed E-state index contributed by atoms with van der Waals surface area (Å²) in [6, 6.07) is 10.2. The number of ether oxygens (including phenoxy) is 1. The number of carbonyl (C=O) groups is 3. The summed E-state index contributed by atoms with van der Waals surface area (Å²) >= 11 is 5.88. The normalized spacial score (nSPS) is 11.8. The van der Waals surface area contributed by atoms with Crippen molar-refractivity contribution < 1.29 is 27.5 Å². The van der Waals surface area contributed by atoms with E-state index in [4.69, 9.17) is 22.1 Å². The van der Waals surface area contributed by atoms with E-state index in [9.17, 15) is 22.8 Å². The van der Waals surface area contributed by atoms with E-state index in [0.717, 1.165) is 10.4 Å². The fourth-order valence-electron chi connectivity index (χ4n) is 2.48. The molecule has 0 heterocycles. The maximum atomic E-state index is 13.2. The molecule has 164 valence electrons. The van der Waals surface area contributed by atoms with Gasteiger partial charge in [0.15, 0.2) is 6.10 Å². The number of nitrogens with zero attached hydrogens (tertiary/aromatic N) is 1. The van der Waals surface area contributed by atoms with Crippen LogP contribution in [-0.4, -0.2) is 39.0 Å². The quantitative estimate of drug-likeness (QED) is 0.454. The van der Waals surface area contributed by atoms with Crippen LogP contribution in [0.3, 0.4) is 0 Å². The van der Waals surface area contributed by atoms with Gasteiger partial charge in [-0.25, -0.2) is 18.0 Å². The summed E-state index contributed by atoms with van der Waals surface area (Å²) in [6.07, 6.45) is 0.0927. The highest BCUT2D eigenvalue weighted by Gasteiger charge is 2.26. The Hall–Kier alpha value is -3.37. The van der Waals surface area contributed by atoms with Gasteiger partial charge in [0, 0.05) is 5.02 Å². The predicted octanol–water partition coefficient (Wildman–Crippen LogP) is 2.46. The Balaban J connectivity index is 2.32. The van der Waals surface area contributed by atoms with Crippen molar-refractivity contribution in [1.29, 1.82) is 0 Å². The van der Waals surface area contributed by atoms with Crippen LogP contribution in [0, 0.1) is 0 Å². The van der Waals surface area contributed by atoms with Crippen molar-refractivity contribution in [3.63, 3.8) is 0 Å². The molecule has 3 N–H and O–H groups in total. The first-order valence-corrected chi connectivity index (χ1v) is 10.7. The number of urea groups is 1. The number of esters is 1. The molecule has 3 amide bonds. The van der Waals surface area contributed by atoms with E-state index >= 15 is 0 Å². The zero-order valence-electron chi connectivity index (χ0n) is 16.4. The molecule has 2 aromatic rings. The van der Waals surface area contributed by atoms with E-state index in [0.29, 0.717) is 10.7 Å². The average molecular weight is 466 g/mol. The lowest BCUT2D eigenvalue weighted by Crippen LogP contribution is -2.42. The number of sulfonamides is 1. The standard InChI is InChI=1S/C20H20ClN3O6S/c1-3-11-24(16-9-7-15(21)8-10-16)31(28,29)17-6-4-5-14(12-17)19(26)30-13(2)18(25)23-20(22)27/h3-10,12-13H,1,11H2,2H3,(H3,22,23,25,27)/t13-/m1/s1. The van der Waals surface area contributed by atoms with Crippen LogP contribution in [0.5, 0.6) is 0 Å². The molecule has 0 aliphatic rings. The van der Waals surface area contributed by atoms with E-state index in [1.165, 1.54) is 31.2 Å². The second-order valence-corrected chi connectivity index (χ2v) is 8.53. The number of nitrogens with one attached hydrogen (secondary N) is 1. The summed E-state index contributed by atoms with van der Waals surface area (Å²) in [5, 5.41) is 2.23. The molecule has 9 nitrogen and oxygen atoms in total. The van der Waals surface area contributed by atoms with Gasteiger partial charge in [0.2, 0.25) is 0 Å². The van der Waals surface area contributed by atoms with Crippen molar-refractivity contribution >= 4 is 45.2 Å². The lowest BCUT2D eigenvalue weighted by Gasteiger charge is -2.23. The third kappa shape index (κ3) is 6.06. The van der Waals surface area contributed by atoms with Gasteiger partial charge in [0.05, 0.1) is 22.7 Å². The number of hydrogen-bond donors (Lipinski definition) is 2. The molecule has 0 bridgehead atoms. The van der Waals surface area contributed by atoms with Gasteiger partial charge in [0.1, 0.15) is 0 Å². The number of imide groups is 1. The van der Waals surface area contributed by atoms with Crippen LogP contribution in [0.1, 0.15) is 17.3 Å². The number of anilines is 1. The molecule has 0 aliphatic carbocycles. The third-order valence-corrected chi connectivity index (χ3v) is 6.01. The molecular weight excluding hydrogens is 446 g/mol. The number of amides is 3. The van der Waals surface area contributed by atoms with Gasteiger partial charge in [-0.05, 0) is 49.4 Å². The minimum absolute atomic E-state index is 0.0248. The highest BCUT2D eigenvalue weighted by molar-refractivity contribution is 7.92. The molecule has 31 heavy (non-hydrogen) atoms. The van der Waals surface area contributed by atoms with Gasteiger partial charge >= 0.3 is 12.0 Å². The molecule has 0 radical (unpaired) electrons. The molecule has 0 saturated carbocycles. The zero-order valence-corrected chi connectivity index (χ0v) is 18.0. The van der Waals surface area contributed by atoms with Gasteiger partial charge in [0.25, 0.3) is 15.9 Å². The number of carbonyl (C=O) groups excluding carboxylic acids is 3. The van der Waals surface area contributed by atoms with Crippen molar-refractivity contribution in [1.82, 2.24) is 5.32 Å². The number of hydrogen-bond acceptors (Lipinski definition) is 6. The average Bonchev–Trinajstić information content (AvgIpc) is 2.72. The van der Waals surface area contributed by atoms with Crippen molar-refractivity contribution in [2.24, 2.45) is 5.73 Å². The zero-order chi connectivity index (χ0) is 23.2. The minimum Gasteiger partial charge on any atom is -0.449 e. The molecular formula is C20H20ClN3O6S. The monoisotopic (exact) mass is 465 g/mol. The second kappa shape index (κ2) is 10.1. The highest BCUT2D eigenvalue weighted by atomic mass is 35.5. The molecule has 0 saturated heterocycles. The number of benzene rings is 2. The predicted molar refractivity (Wildman–Crippen MR) is 115 cm³/mol. The second-order valence-electron chi connectivity index (χ2n) is 6.23. The van der Waals surface area contributed by atoms with E-state index in [-0.39, 0.29) is 17.0 Å². The highest BCUT2D eigenvalue weighted by Crippen LogP contribution is 2.26. The summed E-state index contributed by atoms with van der Waals surface area (Å²) in [5.74, 6) is -1.87. The van der Waals surface area contributed by atoms with Gasteiger partial charge in [-0.15, -0.1) is 6.58 Å². The number of primary amides is 1. The molecule has 0 aliphatic heterocycles. The van der Waals surface area contributed by atoms with Gasteiger partial charge in [-0.1, -0.05) is 23.7 Å². The summed E-state index contributed by atoms with van der Waals surface area (Å²) in [5.41, 5.74) is 5.11. The van der Waals surface area contributed by atoms with Crippen LogP contribution < -0.4 is 15.4 Å². The van der Waals surface area contributed by atoms with Crippen molar-refractivity contribution in [2.45, 2.75) is 17.9 Å². The third-order valence-electron chi connectivity index (χ3n) is 3.97. The Morgan fingerprint density at radius 1 is 1.23 bits per heavy atom. The molecule has 2 rings (SSSR count). The summed E-state index contributed by atoms with van der Waals surface area (Å²) < 4.78 is 32.5. The first-order valence-electron chi connectivity index (χ1n) is 8.86.